The van der Waals surface area contributed by atoms with Gasteiger partial charge in [0.1, 0.15) is 5.75 Å². The summed E-state index contributed by atoms with van der Waals surface area (Å²) in [4.78, 5) is 0. The first-order valence-corrected chi connectivity index (χ1v) is 6.02. The third-order valence-corrected chi connectivity index (χ3v) is 2.97. The largest absolute Gasteiger partial charge is 0.508 e. The summed E-state index contributed by atoms with van der Waals surface area (Å²) < 4.78 is 1.01. The Morgan fingerprint density at radius 2 is 1.94 bits per heavy atom. The number of halogens is 1. The van der Waals surface area contributed by atoms with E-state index in [0.29, 0.717) is 17.8 Å². The average Bonchev–Trinajstić information content (AvgIpc) is 2.28. The number of nitrogens with two attached hydrogens (primary N) is 1. The van der Waals surface area contributed by atoms with Crippen molar-refractivity contribution in [3.63, 3.8) is 0 Å². The fraction of sp³-hybridized carbons (Fsp3) is 0.0769. The molecule has 17 heavy (non-hydrogen) atoms. The Morgan fingerprint density at radius 3 is 2.65 bits per heavy atom. The minimum Gasteiger partial charge on any atom is -0.508 e. The highest BCUT2D eigenvalue weighted by Crippen LogP contribution is 2.24. The molecule has 0 heterocycles. The predicted octanol–water partition coefficient (Wildman–Crippen LogP) is 3.35. The van der Waals surface area contributed by atoms with Gasteiger partial charge in [-0.05, 0) is 30.3 Å². The molecule has 0 saturated heterocycles. The molecule has 0 aliphatic carbocycles. The minimum absolute atomic E-state index is 0.215. The third kappa shape index (κ3) is 2.91. The number of hydrogen-bond donors (Lipinski definition) is 3. The van der Waals surface area contributed by atoms with E-state index in [0.717, 1.165) is 10.2 Å². The van der Waals surface area contributed by atoms with Gasteiger partial charge in [-0.2, -0.15) is 0 Å². The summed E-state index contributed by atoms with van der Waals surface area (Å²) >= 11 is 3.40. The molecule has 2 rings (SSSR count). The molecule has 4 N–H and O–H groups in total. The maximum Gasteiger partial charge on any atom is 0.122 e. The molecular weight excluding hydrogens is 280 g/mol. The minimum atomic E-state index is 0.215. The first-order chi connectivity index (χ1) is 8.16. The molecule has 4 heteroatoms. The van der Waals surface area contributed by atoms with Gasteiger partial charge in [0.25, 0.3) is 0 Å². The van der Waals surface area contributed by atoms with Gasteiger partial charge < -0.3 is 16.2 Å². The Hall–Kier alpha value is -1.68. The van der Waals surface area contributed by atoms with E-state index < -0.39 is 0 Å². The highest BCUT2D eigenvalue weighted by atomic mass is 79.9. The molecule has 3 nitrogen and oxygen atoms in total. The van der Waals surface area contributed by atoms with Crippen LogP contribution in [0.3, 0.4) is 0 Å². The van der Waals surface area contributed by atoms with Gasteiger partial charge in [0.05, 0.1) is 0 Å². The average molecular weight is 293 g/mol. The Morgan fingerprint density at radius 1 is 1.18 bits per heavy atom. The molecule has 0 aliphatic heterocycles. The van der Waals surface area contributed by atoms with Gasteiger partial charge in [-0.3, -0.25) is 0 Å². The molecule has 0 atom stereocenters. The Balaban J connectivity index is 2.13. The zero-order valence-electron chi connectivity index (χ0n) is 9.15. The van der Waals surface area contributed by atoms with Gasteiger partial charge in [-0.1, -0.05) is 28.1 Å². The number of hydrogen-bond acceptors (Lipinski definition) is 3. The second-order valence-electron chi connectivity index (χ2n) is 3.71. The monoisotopic (exact) mass is 292 g/mol. The number of phenolic OH excluding ortho intramolecular Hbond substituents is 1. The molecule has 0 fully saturated rings. The lowest BCUT2D eigenvalue weighted by Gasteiger charge is -2.10. The van der Waals surface area contributed by atoms with E-state index in [2.05, 4.69) is 21.2 Å². The molecule has 2 aromatic carbocycles. The van der Waals surface area contributed by atoms with Crippen molar-refractivity contribution < 1.29 is 5.11 Å². The Kier molecular flexibility index (Phi) is 3.54. The first-order valence-electron chi connectivity index (χ1n) is 5.22. The van der Waals surface area contributed by atoms with Crippen LogP contribution in [-0.4, -0.2) is 5.11 Å². The molecule has 0 aromatic heterocycles. The smallest absolute Gasteiger partial charge is 0.122 e. The van der Waals surface area contributed by atoms with E-state index in [4.69, 9.17) is 5.73 Å². The molecule has 0 spiro atoms. The fourth-order valence-electron chi connectivity index (χ4n) is 1.57. The molecule has 0 unspecified atom stereocenters. The van der Waals surface area contributed by atoms with Crippen molar-refractivity contribution in [1.29, 1.82) is 0 Å². The van der Waals surface area contributed by atoms with Gasteiger partial charge in [0.15, 0.2) is 0 Å². The predicted molar refractivity (Wildman–Crippen MR) is 74.0 cm³/mol. The number of anilines is 2. The standard InChI is InChI=1S/C13H13BrN2O/c14-9-3-1-4-10(7-9)16-8-11-12(15)5-2-6-13(11)17/h1-7,16-17H,8,15H2. The van der Waals surface area contributed by atoms with E-state index >= 15 is 0 Å². The van der Waals surface area contributed by atoms with Crippen LogP contribution in [0, 0.1) is 0 Å². The van der Waals surface area contributed by atoms with Crippen LogP contribution in [0.4, 0.5) is 11.4 Å². The van der Waals surface area contributed by atoms with Crippen molar-refractivity contribution in [3.05, 3.63) is 52.5 Å². The van der Waals surface area contributed by atoms with Crippen molar-refractivity contribution in [3.8, 4) is 5.75 Å². The third-order valence-electron chi connectivity index (χ3n) is 2.48. The van der Waals surface area contributed by atoms with Crippen LogP contribution in [0.25, 0.3) is 0 Å². The highest BCUT2D eigenvalue weighted by Gasteiger charge is 2.04. The molecule has 0 saturated carbocycles. The zero-order valence-corrected chi connectivity index (χ0v) is 10.7. The fourth-order valence-corrected chi connectivity index (χ4v) is 1.97. The van der Waals surface area contributed by atoms with Crippen molar-refractivity contribution in [2.75, 3.05) is 11.1 Å². The van der Waals surface area contributed by atoms with E-state index in [1.807, 2.05) is 24.3 Å². The van der Waals surface area contributed by atoms with E-state index in [9.17, 15) is 5.11 Å². The van der Waals surface area contributed by atoms with Crippen LogP contribution < -0.4 is 11.1 Å². The first kappa shape index (κ1) is 11.8. The maximum atomic E-state index is 9.69. The summed E-state index contributed by atoms with van der Waals surface area (Å²) in [5.41, 5.74) is 8.09. The Labute approximate surface area is 108 Å². The van der Waals surface area contributed by atoms with Crippen LogP contribution in [0.1, 0.15) is 5.56 Å². The summed E-state index contributed by atoms with van der Waals surface area (Å²) in [7, 11) is 0. The number of phenols is 1. The van der Waals surface area contributed by atoms with Crippen molar-refractivity contribution in [2.24, 2.45) is 0 Å². The van der Waals surface area contributed by atoms with Gasteiger partial charge >= 0.3 is 0 Å². The van der Waals surface area contributed by atoms with Gasteiger partial charge in [0, 0.05) is 28.0 Å². The number of nitrogens with one attached hydrogen (secondary N) is 1. The summed E-state index contributed by atoms with van der Waals surface area (Å²) in [5.74, 6) is 0.215. The second kappa shape index (κ2) is 5.10. The van der Waals surface area contributed by atoms with E-state index in [1.54, 1.807) is 18.2 Å². The molecule has 0 bridgehead atoms. The summed E-state index contributed by atoms with van der Waals surface area (Å²) in [6, 6.07) is 13.0. The number of aromatic hydroxyl groups is 1. The van der Waals surface area contributed by atoms with Crippen LogP contribution in [0.5, 0.6) is 5.75 Å². The van der Waals surface area contributed by atoms with Crippen molar-refractivity contribution in [2.45, 2.75) is 6.54 Å². The lowest BCUT2D eigenvalue weighted by Crippen LogP contribution is -2.03. The lowest BCUT2D eigenvalue weighted by molar-refractivity contribution is 0.469. The second-order valence-corrected chi connectivity index (χ2v) is 4.62. The summed E-state index contributed by atoms with van der Waals surface area (Å²) in [6.45, 7) is 0.495. The normalized spacial score (nSPS) is 10.2. The quantitative estimate of drug-likeness (QED) is 0.761. The molecule has 0 radical (unpaired) electrons. The van der Waals surface area contributed by atoms with Gasteiger partial charge in [0.2, 0.25) is 0 Å². The number of benzene rings is 2. The van der Waals surface area contributed by atoms with Gasteiger partial charge in [-0.25, -0.2) is 0 Å². The van der Waals surface area contributed by atoms with Crippen LogP contribution >= 0.6 is 15.9 Å². The number of nitrogen functional groups attached to an aromatic ring is 1. The van der Waals surface area contributed by atoms with E-state index in [1.165, 1.54) is 0 Å². The van der Waals surface area contributed by atoms with Gasteiger partial charge in [-0.15, -0.1) is 0 Å². The maximum absolute atomic E-state index is 9.69. The molecule has 0 aliphatic rings. The highest BCUT2D eigenvalue weighted by molar-refractivity contribution is 9.10. The zero-order chi connectivity index (χ0) is 12.3. The van der Waals surface area contributed by atoms with E-state index in [-0.39, 0.29) is 5.75 Å². The topological polar surface area (TPSA) is 58.3 Å². The SMILES string of the molecule is Nc1cccc(O)c1CNc1cccc(Br)c1. The van der Waals surface area contributed by atoms with Crippen molar-refractivity contribution in [1.82, 2.24) is 0 Å². The molecular formula is C13H13BrN2O. The molecule has 0 amide bonds. The van der Waals surface area contributed by atoms with Crippen LogP contribution in [-0.2, 0) is 6.54 Å². The van der Waals surface area contributed by atoms with Crippen LogP contribution in [0.15, 0.2) is 46.9 Å². The van der Waals surface area contributed by atoms with Crippen molar-refractivity contribution >= 4 is 27.3 Å². The lowest BCUT2D eigenvalue weighted by atomic mass is 10.1. The van der Waals surface area contributed by atoms with Crippen LogP contribution in [0.2, 0.25) is 0 Å². The number of rotatable bonds is 3. The Bertz CT molecular complexity index is 508. The molecule has 88 valence electrons. The summed E-state index contributed by atoms with van der Waals surface area (Å²) in [5, 5.41) is 12.9. The molecule has 2 aromatic rings. The summed E-state index contributed by atoms with van der Waals surface area (Å²) in [6.07, 6.45) is 0.